The molecule has 0 saturated carbocycles. The van der Waals surface area contributed by atoms with Crippen LogP contribution in [0.25, 0.3) is 71.0 Å². The van der Waals surface area contributed by atoms with E-state index in [2.05, 4.69) is 126 Å². The molecule has 5 nitrogen and oxygen atoms in total. The second-order valence-electron chi connectivity index (χ2n) is 16.5. The topological polar surface area (TPSA) is 35.2 Å². The molecule has 0 saturated heterocycles. The van der Waals surface area contributed by atoms with E-state index in [0.29, 0.717) is 33.4 Å². The summed E-state index contributed by atoms with van der Waals surface area (Å²) in [5.74, 6) is 1.03. The van der Waals surface area contributed by atoms with Crippen LogP contribution in [0.15, 0.2) is 152 Å². The van der Waals surface area contributed by atoms with Gasteiger partial charge in [0, 0.05) is 52.7 Å². The van der Waals surface area contributed by atoms with Gasteiger partial charge in [0.1, 0.15) is 5.82 Å². The fraction of sp³-hybridized carbons (Fsp3) is 0.127. The Morgan fingerprint density at radius 1 is 0.689 bits per heavy atom. The summed E-state index contributed by atoms with van der Waals surface area (Å²) < 4.78 is 63.7. The number of pyridine rings is 1. The van der Waals surface area contributed by atoms with Crippen molar-refractivity contribution in [3.63, 3.8) is 0 Å². The van der Waals surface area contributed by atoms with Crippen LogP contribution in [0.2, 0.25) is 0 Å². The van der Waals surface area contributed by atoms with E-state index in [1.54, 1.807) is 28.8 Å². The molecular formula is C55H43N4OPt-3. The van der Waals surface area contributed by atoms with E-state index in [9.17, 15) is 0 Å². The van der Waals surface area contributed by atoms with E-state index in [1.165, 1.54) is 22.5 Å². The molecule has 0 fully saturated rings. The van der Waals surface area contributed by atoms with Crippen molar-refractivity contribution in [3.8, 4) is 17.3 Å². The third-order valence-electron chi connectivity index (χ3n) is 11.2. The Bertz CT molecular complexity index is 3780. The number of nitrogens with zero attached hydrogens (tertiary/aromatic N) is 4. The summed E-state index contributed by atoms with van der Waals surface area (Å²) in [6.45, 7) is 11.9. The van der Waals surface area contributed by atoms with E-state index in [4.69, 9.17) is 13.0 Å². The summed E-state index contributed by atoms with van der Waals surface area (Å²) in [4.78, 5) is 6.78. The number of anilines is 2. The van der Waals surface area contributed by atoms with Crippen LogP contribution in [0.3, 0.4) is 0 Å². The molecule has 0 spiro atoms. The van der Waals surface area contributed by atoms with Crippen molar-refractivity contribution < 1.29 is 34.0 Å². The number of para-hydroxylation sites is 3. The minimum atomic E-state index is -1.75. The van der Waals surface area contributed by atoms with Gasteiger partial charge in [-0.3, -0.25) is 0 Å². The largest absolute Gasteiger partial charge is 0.509 e. The van der Waals surface area contributed by atoms with E-state index >= 15 is 0 Å². The van der Waals surface area contributed by atoms with Gasteiger partial charge >= 0.3 is 0 Å². The SMILES string of the molecule is [2H]c1c([2H])c([2H])c2c(c1[2H])c1ccc(Oc3[c-]c(N4[CH-]n5c6c(C)cccc6c6cc(C)ccc6c6ccccc6c6cccc4c65)ccc3)[c-]c1n2-c1cc(C([2H])([2H])C(C)(C)C)ccn1.[Pt]. The fourth-order valence-electron chi connectivity index (χ4n) is 8.77. The average Bonchev–Trinajstić information content (AvgIpc) is 3.87. The first-order valence-electron chi connectivity index (χ1n) is 23.1. The van der Waals surface area contributed by atoms with Gasteiger partial charge in [0.05, 0.1) is 5.48 Å². The van der Waals surface area contributed by atoms with Crippen molar-refractivity contribution in [3.05, 3.63) is 187 Å². The molecule has 7 aromatic carbocycles. The number of aryl methyl sites for hydroxylation is 2. The molecule has 10 aromatic rings. The van der Waals surface area contributed by atoms with Gasteiger partial charge in [-0.15, -0.1) is 35.7 Å². The van der Waals surface area contributed by atoms with Gasteiger partial charge in [-0.05, 0) is 105 Å². The number of rotatable bonds is 5. The summed E-state index contributed by atoms with van der Waals surface area (Å²) in [5, 5.41) is 7.72. The molecule has 1 aliphatic rings. The zero-order valence-corrected chi connectivity index (χ0v) is 36.5. The predicted molar refractivity (Wildman–Crippen MR) is 249 cm³/mol. The molecule has 11 rings (SSSR count). The van der Waals surface area contributed by atoms with Gasteiger partial charge in [-0.1, -0.05) is 140 Å². The van der Waals surface area contributed by atoms with Crippen LogP contribution in [0.5, 0.6) is 11.5 Å². The van der Waals surface area contributed by atoms with E-state index in [-0.39, 0.29) is 56.6 Å². The van der Waals surface area contributed by atoms with Gasteiger partial charge in [0.15, 0.2) is 0 Å². The van der Waals surface area contributed by atoms with Crippen LogP contribution in [0, 0.1) is 38.1 Å². The fourth-order valence-corrected chi connectivity index (χ4v) is 8.77. The van der Waals surface area contributed by atoms with Crippen LogP contribution >= 0.6 is 0 Å². The quantitative estimate of drug-likeness (QED) is 0.161. The summed E-state index contributed by atoms with van der Waals surface area (Å²) >= 11 is 0. The normalized spacial score (nSPS) is 14.0. The van der Waals surface area contributed by atoms with Crippen LogP contribution < -0.4 is 9.64 Å². The van der Waals surface area contributed by atoms with Crippen molar-refractivity contribution in [2.75, 3.05) is 4.90 Å². The van der Waals surface area contributed by atoms with Crippen molar-refractivity contribution in [1.82, 2.24) is 14.1 Å². The Morgan fingerprint density at radius 2 is 1.39 bits per heavy atom. The Labute approximate surface area is 378 Å². The standard InChI is InChI=1S/C55H43N4O.Pt/c1-35-23-25-43-41-16-6-7-17-42(41)46-20-12-22-50-54(46)58(53-36(2)13-10-19-47(53)48(43)29-35)34-57(50)38-14-11-15-39(31-38)60-40-24-26-45-44-18-8-9-21-49(44)59(51(45)32-40)52-30-37(27-28-56-52)33-55(3,4)5;/h6-30,34H,33H2,1-5H3;/q-3;/i8D,9D,18D,21D,33D2;. The smallest absolute Gasteiger partial charge is 0.135 e. The first-order valence-corrected chi connectivity index (χ1v) is 20.1. The van der Waals surface area contributed by atoms with Gasteiger partial charge < -0.3 is 18.8 Å². The Balaban J connectivity index is 0.00000525. The number of benzene rings is 7. The Hall–Kier alpha value is -6.55. The maximum atomic E-state index is 9.05. The van der Waals surface area contributed by atoms with Crippen molar-refractivity contribution in [2.45, 2.75) is 41.0 Å². The van der Waals surface area contributed by atoms with E-state index < -0.39 is 11.8 Å². The third kappa shape index (κ3) is 6.60. The van der Waals surface area contributed by atoms with E-state index in [1.807, 2.05) is 39.0 Å². The maximum Gasteiger partial charge on any atom is 0.135 e. The Kier molecular flexibility index (Phi) is 7.86. The van der Waals surface area contributed by atoms with Crippen LogP contribution in [0.1, 0.15) is 45.7 Å². The molecule has 4 heterocycles. The summed E-state index contributed by atoms with van der Waals surface area (Å²) in [7, 11) is 0. The van der Waals surface area contributed by atoms with Crippen LogP contribution in [-0.2, 0) is 27.4 Å². The Morgan fingerprint density at radius 3 is 2.23 bits per heavy atom. The molecule has 6 heteroatoms. The molecular weight excluding hydrogens is 928 g/mol. The van der Waals surface area contributed by atoms with Gasteiger partial charge in [0.2, 0.25) is 0 Å². The molecule has 61 heavy (non-hydrogen) atoms. The predicted octanol–water partition coefficient (Wildman–Crippen LogP) is 14.4. The summed E-state index contributed by atoms with van der Waals surface area (Å²) in [6, 6.07) is 46.6. The second kappa shape index (κ2) is 14.9. The van der Waals surface area contributed by atoms with Gasteiger partial charge in [0.25, 0.3) is 0 Å². The minimum absolute atomic E-state index is 0. The summed E-state index contributed by atoms with van der Waals surface area (Å²) in [5.41, 5.74) is 6.45. The zero-order chi connectivity index (χ0) is 46.0. The average molecular weight is 977 g/mol. The number of ether oxygens (including phenoxy) is 1. The summed E-state index contributed by atoms with van der Waals surface area (Å²) in [6.07, 6.45) is -0.221. The number of fused-ring (bicyclic) bond motifs is 10. The van der Waals surface area contributed by atoms with Crippen LogP contribution in [0.4, 0.5) is 11.4 Å². The molecule has 1 aliphatic heterocycles. The molecule has 0 unspecified atom stereocenters. The molecule has 0 atom stereocenters. The molecule has 0 radical (unpaired) electrons. The van der Waals surface area contributed by atoms with Crippen molar-refractivity contribution >= 4 is 76.5 Å². The minimum Gasteiger partial charge on any atom is -0.509 e. The van der Waals surface area contributed by atoms with Crippen LogP contribution in [-0.4, -0.2) is 14.1 Å². The van der Waals surface area contributed by atoms with Gasteiger partial charge in [-0.25, -0.2) is 4.98 Å². The molecule has 0 N–H and O–H groups in total. The molecule has 0 bridgehead atoms. The number of hydrogen-bond donors (Lipinski definition) is 0. The van der Waals surface area contributed by atoms with Crippen molar-refractivity contribution in [1.29, 1.82) is 0 Å². The maximum absolute atomic E-state index is 9.05. The first-order chi connectivity index (χ1) is 31.6. The molecule has 302 valence electrons. The van der Waals surface area contributed by atoms with E-state index in [0.717, 1.165) is 49.5 Å². The molecule has 3 aromatic heterocycles. The zero-order valence-electron chi connectivity index (χ0n) is 40.2. The second-order valence-corrected chi connectivity index (χ2v) is 16.5. The van der Waals surface area contributed by atoms with Crippen molar-refractivity contribution in [2.24, 2.45) is 5.41 Å². The monoisotopic (exact) mass is 976 g/mol. The number of aromatic nitrogens is 3. The first kappa shape index (κ1) is 32.2. The third-order valence-corrected chi connectivity index (χ3v) is 11.2. The number of hydrogen-bond acceptors (Lipinski definition) is 3. The molecule has 0 amide bonds. The molecule has 0 aliphatic carbocycles. The van der Waals surface area contributed by atoms with Gasteiger partial charge in [-0.2, -0.15) is 12.1 Å².